The molecular formula is C16H14ClNO2. The molecular weight excluding hydrogens is 274 g/mol. The minimum atomic E-state index is -0.250. The van der Waals surface area contributed by atoms with E-state index in [1.54, 1.807) is 4.90 Å². The Morgan fingerprint density at radius 2 is 2.10 bits per heavy atom. The highest BCUT2D eigenvalue weighted by atomic mass is 35.5. The van der Waals surface area contributed by atoms with E-state index in [9.17, 15) is 9.59 Å². The number of carbonyl (C=O) groups excluding carboxylic acids is 2. The second kappa shape index (κ2) is 3.73. The van der Waals surface area contributed by atoms with Gasteiger partial charge in [0, 0.05) is 21.7 Å². The van der Waals surface area contributed by atoms with Gasteiger partial charge in [0.05, 0.1) is 12.1 Å². The number of hydrogen-bond donors (Lipinski definition) is 0. The molecule has 0 aromatic heterocycles. The molecule has 0 saturated heterocycles. The summed E-state index contributed by atoms with van der Waals surface area (Å²) >= 11 is 6.14. The quantitative estimate of drug-likeness (QED) is 0.686. The summed E-state index contributed by atoms with van der Waals surface area (Å²) in [6.07, 6.45) is 2.72. The first-order chi connectivity index (χ1) is 9.52. The van der Waals surface area contributed by atoms with Crippen LogP contribution in [0.2, 0.25) is 5.02 Å². The molecule has 0 fully saturated rings. The van der Waals surface area contributed by atoms with Crippen LogP contribution in [0.15, 0.2) is 29.5 Å². The molecule has 0 bridgehead atoms. The van der Waals surface area contributed by atoms with Gasteiger partial charge in [-0.15, -0.1) is 0 Å². The fraction of sp³-hybridized carbons (Fsp3) is 0.375. The van der Waals surface area contributed by atoms with Gasteiger partial charge in [-0.05, 0) is 49.9 Å². The number of ketones is 1. The predicted molar refractivity (Wildman–Crippen MR) is 76.8 cm³/mol. The van der Waals surface area contributed by atoms with Crippen molar-refractivity contribution in [3.8, 4) is 0 Å². The molecule has 1 unspecified atom stereocenters. The lowest BCUT2D eigenvalue weighted by molar-refractivity contribution is -0.125. The van der Waals surface area contributed by atoms with Gasteiger partial charge in [0.1, 0.15) is 0 Å². The Balaban J connectivity index is 2.08. The third-order valence-electron chi connectivity index (χ3n) is 4.83. The minimum Gasteiger partial charge on any atom is -0.294 e. The molecule has 3 aliphatic rings. The van der Waals surface area contributed by atoms with E-state index in [0.29, 0.717) is 5.02 Å². The fourth-order valence-corrected chi connectivity index (χ4v) is 4.12. The van der Waals surface area contributed by atoms with Crippen LogP contribution >= 0.6 is 11.6 Å². The van der Waals surface area contributed by atoms with Crippen LogP contribution in [0.4, 0.5) is 5.69 Å². The number of amides is 1. The van der Waals surface area contributed by atoms with Crippen LogP contribution in [-0.2, 0) is 15.0 Å². The predicted octanol–water partition coefficient (Wildman–Crippen LogP) is 3.36. The summed E-state index contributed by atoms with van der Waals surface area (Å²) < 4.78 is 0. The van der Waals surface area contributed by atoms with Gasteiger partial charge in [0.15, 0.2) is 5.78 Å². The summed E-state index contributed by atoms with van der Waals surface area (Å²) in [4.78, 5) is 26.3. The average Bonchev–Trinajstić information content (AvgIpc) is 2.66. The molecule has 3 nitrogen and oxygen atoms in total. The zero-order valence-electron chi connectivity index (χ0n) is 11.2. The second-order valence-electron chi connectivity index (χ2n) is 6.00. The molecule has 1 aromatic carbocycles. The second-order valence-corrected chi connectivity index (χ2v) is 6.44. The Morgan fingerprint density at radius 1 is 1.30 bits per heavy atom. The lowest BCUT2D eigenvalue weighted by Gasteiger charge is -2.37. The van der Waals surface area contributed by atoms with Crippen LogP contribution in [0.3, 0.4) is 0 Å². The lowest BCUT2D eigenvalue weighted by atomic mass is 9.70. The smallest absolute Gasteiger partial charge is 0.239 e. The van der Waals surface area contributed by atoms with Crippen molar-refractivity contribution in [2.24, 2.45) is 0 Å². The fourth-order valence-electron chi connectivity index (χ4n) is 3.95. The van der Waals surface area contributed by atoms with Crippen molar-refractivity contribution in [3.05, 3.63) is 40.1 Å². The van der Waals surface area contributed by atoms with Gasteiger partial charge in [-0.2, -0.15) is 0 Å². The van der Waals surface area contributed by atoms with E-state index in [0.717, 1.165) is 41.8 Å². The molecule has 20 heavy (non-hydrogen) atoms. The zero-order chi connectivity index (χ0) is 14.1. The van der Waals surface area contributed by atoms with Crippen molar-refractivity contribution in [1.82, 2.24) is 0 Å². The molecule has 1 aromatic rings. The van der Waals surface area contributed by atoms with Crippen LogP contribution < -0.4 is 4.90 Å². The number of halogens is 1. The molecule has 0 saturated carbocycles. The maximum atomic E-state index is 12.3. The highest BCUT2D eigenvalue weighted by Crippen LogP contribution is 2.56. The maximum absolute atomic E-state index is 12.3. The molecule has 4 heteroatoms. The molecule has 102 valence electrons. The van der Waals surface area contributed by atoms with E-state index >= 15 is 0 Å². The molecule has 1 atom stereocenters. The van der Waals surface area contributed by atoms with Crippen molar-refractivity contribution in [1.29, 1.82) is 0 Å². The number of fused-ring (bicyclic) bond motifs is 3. The van der Waals surface area contributed by atoms with Crippen LogP contribution in [0.25, 0.3) is 0 Å². The van der Waals surface area contributed by atoms with E-state index in [-0.39, 0.29) is 23.5 Å². The summed E-state index contributed by atoms with van der Waals surface area (Å²) in [6, 6.07) is 5.66. The van der Waals surface area contributed by atoms with Gasteiger partial charge in [0.2, 0.25) is 5.91 Å². The van der Waals surface area contributed by atoms with Crippen LogP contribution in [0, 0.1) is 0 Å². The summed E-state index contributed by atoms with van der Waals surface area (Å²) in [6.45, 7) is 2.13. The van der Waals surface area contributed by atoms with Crippen molar-refractivity contribution < 1.29 is 9.59 Å². The number of benzene rings is 1. The first-order valence-electron chi connectivity index (χ1n) is 6.92. The monoisotopic (exact) mass is 287 g/mol. The van der Waals surface area contributed by atoms with Gasteiger partial charge < -0.3 is 0 Å². The SMILES string of the molecule is CC12CCCC3=C1N(C(=O)CC3=O)c1ccc(Cl)cc12. The average molecular weight is 288 g/mol. The number of allylic oxidation sites excluding steroid dienone is 2. The number of rotatable bonds is 0. The first-order valence-corrected chi connectivity index (χ1v) is 7.30. The topological polar surface area (TPSA) is 37.4 Å². The van der Waals surface area contributed by atoms with E-state index in [1.165, 1.54) is 0 Å². The summed E-state index contributed by atoms with van der Waals surface area (Å²) in [7, 11) is 0. The van der Waals surface area contributed by atoms with Crippen LogP contribution in [-0.4, -0.2) is 11.7 Å². The number of Topliss-reactive ketones (excluding diaryl/α,β-unsaturated/α-hetero) is 1. The number of carbonyl (C=O) groups is 2. The standard InChI is InChI=1S/C16H14ClNO2/c1-16-6-2-3-10-13(19)8-14(20)18(15(10)16)12-5-4-9(17)7-11(12)16/h4-5,7H,2-3,6,8H2,1H3. The highest BCUT2D eigenvalue weighted by Gasteiger charge is 2.52. The highest BCUT2D eigenvalue weighted by molar-refractivity contribution is 6.31. The zero-order valence-corrected chi connectivity index (χ0v) is 12.0. The van der Waals surface area contributed by atoms with Crippen LogP contribution in [0.1, 0.15) is 38.2 Å². The number of hydrogen-bond acceptors (Lipinski definition) is 2. The molecule has 0 spiro atoms. The van der Waals surface area contributed by atoms with E-state index in [4.69, 9.17) is 11.6 Å². The molecule has 0 radical (unpaired) electrons. The molecule has 0 N–H and O–H groups in total. The Morgan fingerprint density at radius 3 is 2.90 bits per heavy atom. The lowest BCUT2D eigenvalue weighted by Crippen LogP contribution is -2.42. The summed E-state index contributed by atoms with van der Waals surface area (Å²) in [5, 5.41) is 0.677. The van der Waals surface area contributed by atoms with E-state index < -0.39 is 0 Å². The van der Waals surface area contributed by atoms with Crippen molar-refractivity contribution >= 4 is 29.0 Å². The molecule has 1 amide bonds. The third-order valence-corrected chi connectivity index (χ3v) is 5.06. The van der Waals surface area contributed by atoms with Crippen molar-refractivity contribution in [3.63, 3.8) is 0 Å². The Hall–Kier alpha value is -1.61. The Kier molecular flexibility index (Phi) is 2.27. The van der Waals surface area contributed by atoms with Crippen molar-refractivity contribution in [2.45, 2.75) is 38.0 Å². The third kappa shape index (κ3) is 1.31. The van der Waals surface area contributed by atoms with Gasteiger partial charge >= 0.3 is 0 Å². The minimum absolute atomic E-state index is 0.00300. The largest absolute Gasteiger partial charge is 0.294 e. The first kappa shape index (κ1) is 12.2. The summed E-state index contributed by atoms with van der Waals surface area (Å²) in [5.41, 5.74) is 3.51. The molecule has 2 heterocycles. The van der Waals surface area contributed by atoms with Gasteiger partial charge in [-0.3, -0.25) is 14.5 Å². The Bertz CT molecular complexity index is 706. The van der Waals surface area contributed by atoms with Crippen LogP contribution in [0.5, 0.6) is 0 Å². The Labute approximate surface area is 122 Å². The molecule has 2 aliphatic heterocycles. The normalized spacial score (nSPS) is 27.8. The van der Waals surface area contributed by atoms with E-state index in [2.05, 4.69) is 6.92 Å². The number of nitrogens with zero attached hydrogens (tertiary/aromatic N) is 1. The summed E-state index contributed by atoms with van der Waals surface area (Å²) in [5.74, 6) is -0.103. The maximum Gasteiger partial charge on any atom is 0.239 e. The molecule has 4 rings (SSSR count). The van der Waals surface area contributed by atoms with Gasteiger partial charge in [-0.1, -0.05) is 11.6 Å². The van der Waals surface area contributed by atoms with E-state index in [1.807, 2.05) is 18.2 Å². The van der Waals surface area contributed by atoms with Gasteiger partial charge in [0.25, 0.3) is 0 Å². The molecule has 1 aliphatic carbocycles. The number of anilines is 1. The van der Waals surface area contributed by atoms with Gasteiger partial charge in [-0.25, -0.2) is 0 Å². The van der Waals surface area contributed by atoms with Crippen molar-refractivity contribution in [2.75, 3.05) is 4.90 Å².